The van der Waals surface area contributed by atoms with Gasteiger partial charge in [0.1, 0.15) is 0 Å². The second-order valence-corrected chi connectivity index (χ2v) is 5.70. The summed E-state index contributed by atoms with van der Waals surface area (Å²) in [5.41, 5.74) is 7.50. The van der Waals surface area contributed by atoms with Crippen molar-refractivity contribution in [2.24, 2.45) is 5.92 Å². The quantitative estimate of drug-likeness (QED) is 0.855. The number of aromatic nitrogens is 2. The van der Waals surface area contributed by atoms with E-state index >= 15 is 0 Å². The summed E-state index contributed by atoms with van der Waals surface area (Å²) in [5.74, 6) is 0.873. The van der Waals surface area contributed by atoms with E-state index in [0.717, 1.165) is 11.3 Å². The zero-order chi connectivity index (χ0) is 15.4. The number of nitrogens with zero attached hydrogens (tertiary/aromatic N) is 3. The van der Waals surface area contributed by atoms with Crippen LogP contribution in [0, 0.1) is 5.92 Å². The van der Waals surface area contributed by atoms with Gasteiger partial charge in [-0.3, -0.25) is 4.79 Å². The first-order valence-corrected chi connectivity index (χ1v) is 7.08. The summed E-state index contributed by atoms with van der Waals surface area (Å²) in [6.45, 7) is 5.46. The molecule has 0 aliphatic rings. The van der Waals surface area contributed by atoms with Gasteiger partial charge in [0.05, 0.1) is 0 Å². The van der Waals surface area contributed by atoms with Gasteiger partial charge >= 0.3 is 0 Å². The molecule has 0 aliphatic carbocycles. The minimum absolute atomic E-state index is 0.0578. The molecule has 21 heavy (non-hydrogen) atoms. The van der Waals surface area contributed by atoms with Crippen LogP contribution in [0.15, 0.2) is 41.5 Å². The highest BCUT2D eigenvalue weighted by molar-refractivity contribution is 5.43. The molecular weight excluding hydrogens is 264 g/mol. The van der Waals surface area contributed by atoms with Gasteiger partial charge in [-0.15, -0.1) is 0 Å². The van der Waals surface area contributed by atoms with Gasteiger partial charge in [-0.1, -0.05) is 26.0 Å². The van der Waals surface area contributed by atoms with Crippen molar-refractivity contribution in [3.8, 4) is 0 Å². The van der Waals surface area contributed by atoms with Crippen LogP contribution in [-0.4, -0.2) is 16.6 Å². The SMILES string of the molecule is CC(C)Cn1ccnc(N(C)Cc2cccc(N)c2)c1=O. The van der Waals surface area contributed by atoms with E-state index in [4.69, 9.17) is 5.73 Å². The monoisotopic (exact) mass is 286 g/mol. The molecule has 1 aromatic carbocycles. The topological polar surface area (TPSA) is 64.2 Å². The summed E-state index contributed by atoms with van der Waals surface area (Å²) >= 11 is 0. The Hall–Kier alpha value is -2.30. The van der Waals surface area contributed by atoms with Crippen LogP contribution in [0.5, 0.6) is 0 Å². The highest BCUT2D eigenvalue weighted by Gasteiger charge is 2.11. The summed E-state index contributed by atoms with van der Waals surface area (Å²) in [4.78, 5) is 18.5. The molecule has 112 valence electrons. The average Bonchev–Trinajstić information content (AvgIpc) is 2.40. The third-order valence-electron chi connectivity index (χ3n) is 3.19. The Morgan fingerprint density at radius 2 is 2.14 bits per heavy atom. The van der Waals surface area contributed by atoms with Crippen molar-refractivity contribution in [3.05, 3.63) is 52.6 Å². The maximum absolute atomic E-state index is 12.4. The number of nitrogens with two attached hydrogens (primary N) is 1. The summed E-state index contributed by atoms with van der Waals surface area (Å²) in [6, 6.07) is 7.66. The van der Waals surface area contributed by atoms with Crippen molar-refractivity contribution < 1.29 is 0 Å². The summed E-state index contributed by atoms with van der Waals surface area (Å²) in [5, 5.41) is 0. The number of benzene rings is 1. The van der Waals surface area contributed by atoms with Crippen molar-refractivity contribution in [2.75, 3.05) is 17.7 Å². The zero-order valence-electron chi connectivity index (χ0n) is 12.8. The molecule has 0 saturated carbocycles. The minimum atomic E-state index is -0.0578. The van der Waals surface area contributed by atoms with E-state index in [-0.39, 0.29) is 5.56 Å². The fourth-order valence-electron chi connectivity index (χ4n) is 2.27. The van der Waals surface area contributed by atoms with Crippen LogP contribution >= 0.6 is 0 Å². The van der Waals surface area contributed by atoms with Gasteiger partial charge in [0.25, 0.3) is 5.56 Å². The Morgan fingerprint density at radius 1 is 1.38 bits per heavy atom. The van der Waals surface area contributed by atoms with E-state index in [9.17, 15) is 4.79 Å². The summed E-state index contributed by atoms with van der Waals surface area (Å²) < 4.78 is 1.71. The molecule has 0 fully saturated rings. The molecule has 0 aliphatic heterocycles. The van der Waals surface area contributed by atoms with Crippen molar-refractivity contribution in [3.63, 3.8) is 0 Å². The van der Waals surface area contributed by atoms with Crippen LogP contribution in [-0.2, 0) is 13.1 Å². The Morgan fingerprint density at radius 3 is 2.81 bits per heavy atom. The van der Waals surface area contributed by atoms with E-state index in [2.05, 4.69) is 18.8 Å². The molecule has 2 rings (SSSR count). The van der Waals surface area contributed by atoms with E-state index < -0.39 is 0 Å². The third kappa shape index (κ3) is 3.84. The lowest BCUT2D eigenvalue weighted by atomic mass is 10.2. The van der Waals surface area contributed by atoms with E-state index in [0.29, 0.717) is 24.8 Å². The second-order valence-electron chi connectivity index (χ2n) is 5.70. The largest absolute Gasteiger partial charge is 0.399 e. The highest BCUT2D eigenvalue weighted by Crippen LogP contribution is 2.11. The molecule has 1 aromatic heterocycles. The van der Waals surface area contributed by atoms with Crippen LogP contribution in [0.2, 0.25) is 0 Å². The van der Waals surface area contributed by atoms with E-state index in [1.165, 1.54) is 0 Å². The molecule has 1 heterocycles. The molecule has 0 unspecified atom stereocenters. The molecule has 5 heteroatoms. The van der Waals surface area contributed by atoms with Gasteiger partial charge in [-0.05, 0) is 23.6 Å². The van der Waals surface area contributed by atoms with Gasteiger partial charge in [0.2, 0.25) is 0 Å². The lowest BCUT2D eigenvalue weighted by Gasteiger charge is -2.19. The Kier molecular flexibility index (Phi) is 4.62. The van der Waals surface area contributed by atoms with Crippen molar-refractivity contribution >= 4 is 11.5 Å². The first-order chi connectivity index (χ1) is 9.97. The minimum Gasteiger partial charge on any atom is -0.399 e. The third-order valence-corrected chi connectivity index (χ3v) is 3.19. The predicted molar refractivity (Wildman–Crippen MR) is 86.3 cm³/mol. The number of nitrogen functional groups attached to an aromatic ring is 1. The number of rotatable bonds is 5. The Balaban J connectivity index is 2.23. The number of hydrogen-bond acceptors (Lipinski definition) is 4. The molecule has 0 spiro atoms. The Labute approximate surface area is 125 Å². The molecule has 5 nitrogen and oxygen atoms in total. The van der Waals surface area contributed by atoms with Gasteiger partial charge in [0.15, 0.2) is 5.82 Å². The first kappa shape index (κ1) is 15.1. The molecule has 2 N–H and O–H groups in total. The zero-order valence-corrected chi connectivity index (χ0v) is 12.8. The van der Waals surface area contributed by atoms with Gasteiger partial charge < -0.3 is 15.2 Å². The molecule has 0 saturated heterocycles. The van der Waals surface area contributed by atoms with Crippen LogP contribution in [0.3, 0.4) is 0 Å². The van der Waals surface area contributed by atoms with Crippen molar-refractivity contribution in [1.29, 1.82) is 0 Å². The predicted octanol–water partition coefficient (Wildman–Crippen LogP) is 2.12. The molecule has 0 atom stereocenters. The molecule has 0 amide bonds. The van der Waals surface area contributed by atoms with Crippen LogP contribution in [0.1, 0.15) is 19.4 Å². The molecule has 0 radical (unpaired) electrons. The lowest BCUT2D eigenvalue weighted by molar-refractivity contribution is 0.508. The maximum Gasteiger partial charge on any atom is 0.293 e. The highest BCUT2D eigenvalue weighted by atomic mass is 16.1. The first-order valence-electron chi connectivity index (χ1n) is 7.08. The maximum atomic E-state index is 12.4. The summed E-state index contributed by atoms with van der Waals surface area (Å²) in [6.07, 6.45) is 3.41. The molecule has 0 bridgehead atoms. The molecular formula is C16H22N4O. The van der Waals surface area contributed by atoms with Crippen molar-refractivity contribution in [2.45, 2.75) is 26.9 Å². The second kappa shape index (κ2) is 6.43. The van der Waals surface area contributed by atoms with E-state index in [1.54, 1.807) is 17.0 Å². The van der Waals surface area contributed by atoms with Gasteiger partial charge in [0, 0.05) is 38.2 Å². The average molecular weight is 286 g/mol. The normalized spacial score (nSPS) is 10.9. The Bertz CT molecular complexity index is 663. The standard InChI is InChI=1S/C16H22N4O/c1-12(2)10-20-8-7-18-15(16(20)21)19(3)11-13-5-4-6-14(17)9-13/h4-9,12H,10-11,17H2,1-3H3. The fourth-order valence-corrected chi connectivity index (χ4v) is 2.27. The van der Waals surface area contributed by atoms with Crippen LogP contribution < -0.4 is 16.2 Å². The fraction of sp³-hybridized carbons (Fsp3) is 0.375. The van der Waals surface area contributed by atoms with Gasteiger partial charge in [-0.25, -0.2) is 4.98 Å². The number of anilines is 2. The summed E-state index contributed by atoms with van der Waals surface area (Å²) in [7, 11) is 1.87. The van der Waals surface area contributed by atoms with E-state index in [1.807, 2.05) is 36.2 Å². The van der Waals surface area contributed by atoms with Crippen molar-refractivity contribution in [1.82, 2.24) is 9.55 Å². The van der Waals surface area contributed by atoms with Crippen LogP contribution in [0.4, 0.5) is 11.5 Å². The smallest absolute Gasteiger partial charge is 0.293 e. The number of hydrogen-bond donors (Lipinski definition) is 1. The van der Waals surface area contributed by atoms with Gasteiger partial charge in [-0.2, -0.15) is 0 Å². The molecule has 2 aromatic rings. The lowest BCUT2D eigenvalue weighted by Crippen LogP contribution is -2.31. The van der Waals surface area contributed by atoms with Crippen LogP contribution in [0.25, 0.3) is 0 Å².